The summed E-state index contributed by atoms with van der Waals surface area (Å²) in [6.07, 6.45) is 4.81. The highest BCUT2D eigenvalue weighted by Crippen LogP contribution is 2.67. The number of aliphatic hydroxyl groups is 2. The van der Waals surface area contributed by atoms with E-state index in [1.165, 1.54) is 0 Å². The molecular weight excluding hydrogens is 538 g/mol. The Balaban J connectivity index is 1.15. The van der Waals surface area contributed by atoms with Crippen LogP contribution in [0, 0.1) is 28.6 Å². The van der Waals surface area contributed by atoms with Crippen LogP contribution < -0.4 is 10.1 Å². The molecule has 0 bridgehead atoms. The number of hydrogen-bond acceptors (Lipinski definition) is 8. The summed E-state index contributed by atoms with van der Waals surface area (Å²) < 4.78 is 10.3. The third kappa shape index (κ3) is 5.30. The molecule has 9 heteroatoms. The molecule has 4 aliphatic carbocycles. The largest absolute Gasteiger partial charge is 0.497 e. The van der Waals surface area contributed by atoms with Crippen molar-refractivity contribution in [1.29, 1.82) is 0 Å². The van der Waals surface area contributed by atoms with Gasteiger partial charge in [0.25, 0.3) is 0 Å². The summed E-state index contributed by atoms with van der Waals surface area (Å²) >= 11 is 0. The molecule has 3 saturated carbocycles. The lowest BCUT2D eigenvalue weighted by atomic mass is 9.45. The number of allylic oxidation sites excluding steroid dienone is 1. The van der Waals surface area contributed by atoms with Crippen LogP contribution in [0.15, 0.2) is 35.9 Å². The van der Waals surface area contributed by atoms with Gasteiger partial charge < -0.3 is 25.0 Å². The van der Waals surface area contributed by atoms with Crippen LogP contribution in [-0.4, -0.2) is 59.1 Å². The molecule has 1 aromatic rings. The van der Waals surface area contributed by atoms with Gasteiger partial charge in [0.05, 0.1) is 19.6 Å². The van der Waals surface area contributed by atoms with Crippen molar-refractivity contribution in [2.45, 2.75) is 89.9 Å². The molecule has 7 atom stereocenters. The molecule has 0 unspecified atom stereocenters. The first kappa shape index (κ1) is 30.4. The fourth-order valence-electron chi connectivity index (χ4n) is 8.74. The summed E-state index contributed by atoms with van der Waals surface area (Å²) in [7, 11) is 1.58. The second-order valence-corrected chi connectivity index (χ2v) is 13.2. The molecule has 42 heavy (non-hydrogen) atoms. The number of amides is 1. The van der Waals surface area contributed by atoms with Gasteiger partial charge in [-0.25, -0.2) is 0 Å². The second-order valence-electron chi connectivity index (χ2n) is 13.2. The summed E-state index contributed by atoms with van der Waals surface area (Å²) in [6.45, 7) is 3.81. The van der Waals surface area contributed by atoms with Gasteiger partial charge in [-0.1, -0.05) is 31.6 Å². The number of rotatable bonds is 9. The lowest BCUT2D eigenvalue weighted by Crippen LogP contribution is -2.62. The minimum Gasteiger partial charge on any atom is -0.497 e. The molecule has 0 spiro atoms. The Bertz CT molecular complexity index is 1270. The predicted molar refractivity (Wildman–Crippen MR) is 153 cm³/mol. The summed E-state index contributed by atoms with van der Waals surface area (Å²) in [5, 5.41) is 26.1. The molecular formula is C33H43NO8. The number of ether oxygens (including phenoxy) is 2. The molecule has 0 saturated heterocycles. The molecule has 0 heterocycles. The highest BCUT2D eigenvalue weighted by atomic mass is 16.5. The maximum atomic E-state index is 13.4. The van der Waals surface area contributed by atoms with E-state index in [1.807, 2.05) is 19.1 Å². The Kier molecular flexibility index (Phi) is 8.38. The number of fused-ring (bicyclic) bond motifs is 5. The lowest BCUT2D eigenvalue weighted by Gasteiger charge is -2.60. The zero-order valence-electron chi connectivity index (χ0n) is 24.8. The molecule has 5 rings (SSSR count). The van der Waals surface area contributed by atoms with Crippen LogP contribution in [0.3, 0.4) is 0 Å². The van der Waals surface area contributed by atoms with Gasteiger partial charge in [-0.05, 0) is 85.5 Å². The average molecular weight is 582 g/mol. The van der Waals surface area contributed by atoms with Crippen LogP contribution >= 0.6 is 0 Å². The average Bonchev–Trinajstić information content (AvgIpc) is 3.24. The van der Waals surface area contributed by atoms with Gasteiger partial charge in [0.2, 0.25) is 11.7 Å². The van der Waals surface area contributed by atoms with E-state index in [1.54, 1.807) is 25.3 Å². The van der Waals surface area contributed by atoms with E-state index in [-0.39, 0.29) is 60.5 Å². The molecule has 9 nitrogen and oxygen atoms in total. The summed E-state index contributed by atoms with van der Waals surface area (Å²) in [5.74, 6) is -0.518. The molecule has 1 amide bonds. The van der Waals surface area contributed by atoms with E-state index < -0.39 is 35.5 Å². The van der Waals surface area contributed by atoms with Crippen molar-refractivity contribution in [2.75, 3.05) is 13.7 Å². The zero-order chi connectivity index (χ0) is 30.3. The van der Waals surface area contributed by atoms with Gasteiger partial charge in [-0.15, -0.1) is 0 Å². The normalized spacial score (nSPS) is 35.3. The maximum Gasteiger partial charge on any atom is 0.306 e. The highest BCUT2D eigenvalue weighted by molar-refractivity contribution is 5.92. The molecule has 0 radical (unpaired) electrons. The van der Waals surface area contributed by atoms with Gasteiger partial charge in [-0.3, -0.25) is 19.2 Å². The standard InChI is InChI=1S/C33H43NO8/c1-31-14-12-22(35)16-21(31)6-9-24-25-13-15-33(40,32(25,2)17-26(36)30(24)31)27(37)19-42-29(39)11-10-28(38)34-18-20-4-7-23(41-3)8-5-20/h4-5,7-8,16,24-26,30,36,40H,6,9-15,17-19H2,1-3H3,(H,34,38)/t24-,25-,26+,30+,31-,32-,33-/m0/s1. The van der Waals surface area contributed by atoms with Crippen LogP contribution in [0.25, 0.3) is 0 Å². The number of ketones is 2. The van der Waals surface area contributed by atoms with E-state index in [0.717, 1.165) is 36.1 Å². The summed E-state index contributed by atoms with van der Waals surface area (Å²) in [6, 6.07) is 7.27. The number of aliphatic hydroxyl groups excluding tert-OH is 1. The van der Waals surface area contributed by atoms with Gasteiger partial charge >= 0.3 is 5.97 Å². The smallest absolute Gasteiger partial charge is 0.306 e. The van der Waals surface area contributed by atoms with Gasteiger partial charge in [0.15, 0.2) is 12.4 Å². The monoisotopic (exact) mass is 581 g/mol. The van der Waals surface area contributed by atoms with Crippen molar-refractivity contribution >= 4 is 23.4 Å². The molecule has 0 aliphatic heterocycles. The third-order valence-corrected chi connectivity index (χ3v) is 11.1. The quantitative estimate of drug-likeness (QED) is 0.377. The van der Waals surface area contributed by atoms with E-state index in [0.29, 0.717) is 19.4 Å². The van der Waals surface area contributed by atoms with E-state index in [4.69, 9.17) is 9.47 Å². The predicted octanol–water partition coefficient (Wildman–Crippen LogP) is 3.44. The Morgan fingerprint density at radius 1 is 1.05 bits per heavy atom. The fourth-order valence-corrected chi connectivity index (χ4v) is 8.74. The number of Topliss-reactive ketones (excluding diaryl/α,β-unsaturated/α-hetero) is 1. The molecule has 1 aromatic carbocycles. The SMILES string of the molecule is COc1ccc(CNC(=O)CCC(=O)OCC(=O)[C@@]2(O)CC[C@H]3[C@@H]4CCC5=CC(=O)CC[C@]5(C)[C@H]4[C@H](O)C[C@@]32C)cc1. The number of hydrogen-bond donors (Lipinski definition) is 3. The minimum atomic E-state index is -1.71. The Morgan fingerprint density at radius 2 is 1.79 bits per heavy atom. The molecule has 4 aliphatic rings. The number of benzene rings is 1. The number of nitrogens with one attached hydrogen (secondary N) is 1. The minimum absolute atomic E-state index is 0.0187. The lowest BCUT2D eigenvalue weighted by molar-refractivity contribution is -0.184. The number of carbonyl (C=O) groups excluding carboxylic acids is 4. The number of methoxy groups -OCH3 is 1. The Labute approximate surface area is 247 Å². The molecule has 0 aromatic heterocycles. The van der Waals surface area contributed by atoms with Crippen molar-refractivity contribution in [1.82, 2.24) is 5.32 Å². The summed E-state index contributed by atoms with van der Waals surface area (Å²) in [4.78, 5) is 50.1. The third-order valence-electron chi connectivity index (χ3n) is 11.1. The van der Waals surface area contributed by atoms with Crippen molar-refractivity contribution in [3.63, 3.8) is 0 Å². The van der Waals surface area contributed by atoms with E-state index in [2.05, 4.69) is 12.2 Å². The van der Waals surface area contributed by atoms with Crippen molar-refractivity contribution in [2.24, 2.45) is 28.6 Å². The first-order valence-electron chi connectivity index (χ1n) is 15.1. The van der Waals surface area contributed by atoms with Crippen LogP contribution in [0.5, 0.6) is 5.75 Å². The van der Waals surface area contributed by atoms with Crippen molar-refractivity contribution in [3.05, 3.63) is 41.5 Å². The van der Waals surface area contributed by atoms with Crippen LogP contribution in [0.4, 0.5) is 0 Å². The van der Waals surface area contributed by atoms with Gasteiger partial charge in [-0.2, -0.15) is 0 Å². The zero-order valence-corrected chi connectivity index (χ0v) is 24.8. The van der Waals surface area contributed by atoms with Crippen LogP contribution in [0.2, 0.25) is 0 Å². The summed E-state index contributed by atoms with van der Waals surface area (Å²) in [5.41, 5.74) is -0.784. The van der Waals surface area contributed by atoms with Crippen molar-refractivity contribution in [3.8, 4) is 5.75 Å². The van der Waals surface area contributed by atoms with Crippen LogP contribution in [-0.2, 0) is 30.5 Å². The highest BCUT2D eigenvalue weighted by Gasteiger charge is 2.68. The van der Waals surface area contributed by atoms with Gasteiger partial charge in [0, 0.05) is 24.8 Å². The molecule has 3 fully saturated rings. The number of carbonyl (C=O) groups is 4. The number of esters is 1. The first-order valence-corrected chi connectivity index (χ1v) is 15.1. The Hall–Kier alpha value is -3.04. The molecule has 228 valence electrons. The maximum absolute atomic E-state index is 13.4. The van der Waals surface area contributed by atoms with E-state index >= 15 is 0 Å². The van der Waals surface area contributed by atoms with E-state index in [9.17, 15) is 29.4 Å². The topological polar surface area (TPSA) is 139 Å². The van der Waals surface area contributed by atoms with Gasteiger partial charge in [0.1, 0.15) is 11.4 Å². The van der Waals surface area contributed by atoms with Crippen molar-refractivity contribution < 1.29 is 38.9 Å². The fraction of sp³-hybridized carbons (Fsp3) is 0.636. The van der Waals surface area contributed by atoms with Crippen LogP contribution in [0.1, 0.15) is 77.2 Å². The molecule has 3 N–H and O–H groups in total. The first-order chi connectivity index (χ1) is 19.9. The second kappa shape index (κ2) is 11.6. The Morgan fingerprint density at radius 3 is 2.50 bits per heavy atom.